The maximum Gasteiger partial charge on any atom is 0.354 e. The molecule has 13 heteroatoms. The first-order valence-electron chi connectivity index (χ1n) is 19.9. The third-order valence-corrected chi connectivity index (χ3v) is 16.6. The summed E-state index contributed by atoms with van der Waals surface area (Å²) in [6.07, 6.45) is 3.05. The number of ether oxygens (including phenoxy) is 2. The number of halogens is 1. The first kappa shape index (κ1) is 41.2. The van der Waals surface area contributed by atoms with Crippen molar-refractivity contribution in [3.8, 4) is 11.1 Å². The van der Waals surface area contributed by atoms with E-state index in [9.17, 15) is 9.59 Å². The predicted molar refractivity (Wildman–Crippen MR) is 230 cm³/mol. The summed E-state index contributed by atoms with van der Waals surface area (Å²) in [6, 6.07) is 29.1. The van der Waals surface area contributed by atoms with Gasteiger partial charge in [-0.3, -0.25) is 19.1 Å². The van der Waals surface area contributed by atoms with Gasteiger partial charge in [-0.25, -0.2) is 4.79 Å². The van der Waals surface area contributed by atoms with Gasteiger partial charge in [-0.05, 0) is 66.0 Å². The Kier molecular flexibility index (Phi) is 12.1. The molecule has 304 valence electrons. The molecule has 0 spiro atoms. The summed E-state index contributed by atoms with van der Waals surface area (Å²) < 4.78 is 23.2. The molecule has 0 aliphatic carbocycles. The average molecular weight is 821 g/mol. The van der Waals surface area contributed by atoms with E-state index >= 15 is 0 Å². The van der Waals surface area contributed by atoms with E-state index in [4.69, 9.17) is 35.7 Å². The van der Waals surface area contributed by atoms with Crippen molar-refractivity contribution >= 4 is 53.1 Å². The van der Waals surface area contributed by atoms with Crippen molar-refractivity contribution in [2.24, 2.45) is 7.05 Å². The Balaban J connectivity index is 1.19. The van der Waals surface area contributed by atoms with E-state index in [1.807, 2.05) is 34.5 Å². The van der Waals surface area contributed by atoms with Crippen molar-refractivity contribution < 1.29 is 23.5 Å². The van der Waals surface area contributed by atoms with Crippen LogP contribution >= 0.6 is 11.6 Å². The zero-order valence-electron chi connectivity index (χ0n) is 34.5. The fourth-order valence-corrected chi connectivity index (χ4v) is 13.4. The number of fused-ring (bicyclic) bond motifs is 2. The molecule has 4 heterocycles. The number of nitrogens with zero attached hydrogens (tertiary/aromatic N) is 6. The van der Waals surface area contributed by atoms with E-state index in [0.717, 1.165) is 70.6 Å². The lowest BCUT2D eigenvalue weighted by molar-refractivity contribution is -0.140. The lowest BCUT2D eigenvalue weighted by Crippen LogP contribution is -2.66. The number of aromatic nitrogens is 5. The molecule has 3 aromatic heterocycles. The van der Waals surface area contributed by atoms with Crippen LogP contribution in [-0.2, 0) is 64.9 Å². The number of methoxy groups -OCH3 is 2. The summed E-state index contributed by atoms with van der Waals surface area (Å²) in [4.78, 5) is 27.5. The Labute approximate surface area is 346 Å². The van der Waals surface area contributed by atoms with Crippen molar-refractivity contribution in [3.05, 3.63) is 118 Å². The van der Waals surface area contributed by atoms with Gasteiger partial charge in [0.1, 0.15) is 5.69 Å². The molecule has 1 aliphatic heterocycles. The molecule has 0 amide bonds. The Bertz CT molecular complexity index is 2380. The summed E-state index contributed by atoms with van der Waals surface area (Å²) in [5.74, 6) is -0.860. The summed E-state index contributed by atoms with van der Waals surface area (Å²) in [6.45, 7) is 9.49. The highest BCUT2D eigenvalue weighted by Crippen LogP contribution is 2.42. The first-order chi connectivity index (χ1) is 27.9. The lowest BCUT2D eigenvalue weighted by atomic mass is 9.95. The van der Waals surface area contributed by atoms with Crippen molar-refractivity contribution in [2.45, 2.75) is 84.3 Å². The van der Waals surface area contributed by atoms with Gasteiger partial charge in [0.05, 0.1) is 44.3 Å². The standard InChI is InChI=1S/C45H53ClN6O5Si/c1-45(2,3)58(33-16-10-8-11-17-33,34-18-12-9-13-19-34)57-30-32-26-31(47-50(32)5)28-49(4)29-37-43(39-20-14-15-24-52(39)48-37)42-35-27-40(44(54)56-7)51(25-23-41(53)55-6)38(35)22-21-36(42)46/h8-13,16-19,21-22,26-27H,14-15,20,23-25,28-30H2,1-7H3. The van der Waals surface area contributed by atoms with Gasteiger partial charge < -0.3 is 18.5 Å². The van der Waals surface area contributed by atoms with E-state index in [1.54, 1.807) is 0 Å². The fraction of sp³-hybridized carbons (Fsp3) is 0.378. The molecule has 7 rings (SSSR count). The Morgan fingerprint density at radius 2 is 1.57 bits per heavy atom. The molecule has 0 bridgehead atoms. The zero-order valence-corrected chi connectivity index (χ0v) is 36.3. The summed E-state index contributed by atoms with van der Waals surface area (Å²) in [7, 11) is 4.04. The molecule has 0 radical (unpaired) electrons. The number of carbonyl (C=O) groups excluding carboxylic acids is 2. The number of hydrogen-bond acceptors (Lipinski definition) is 8. The molecule has 0 saturated carbocycles. The minimum Gasteiger partial charge on any atom is -0.469 e. The zero-order chi connectivity index (χ0) is 41.2. The monoisotopic (exact) mass is 820 g/mol. The van der Waals surface area contributed by atoms with Crippen molar-refractivity contribution in [1.29, 1.82) is 0 Å². The van der Waals surface area contributed by atoms with E-state index in [0.29, 0.717) is 30.4 Å². The van der Waals surface area contributed by atoms with Crippen LogP contribution in [0.1, 0.15) is 73.3 Å². The maximum absolute atomic E-state index is 13.1. The molecule has 1 aliphatic rings. The van der Waals surface area contributed by atoms with Crippen LogP contribution in [0.25, 0.3) is 22.0 Å². The van der Waals surface area contributed by atoms with Gasteiger partial charge in [0, 0.05) is 66.0 Å². The highest BCUT2D eigenvalue weighted by atomic mass is 35.5. The van der Waals surface area contributed by atoms with Gasteiger partial charge in [0.2, 0.25) is 0 Å². The van der Waals surface area contributed by atoms with Crippen LogP contribution in [0.5, 0.6) is 0 Å². The second kappa shape index (κ2) is 17.1. The molecule has 11 nitrogen and oxygen atoms in total. The van der Waals surface area contributed by atoms with Crippen LogP contribution in [0, 0.1) is 0 Å². The average Bonchev–Trinajstić information content (AvgIpc) is 3.88. The molecule has 0 fully saturated rings. The van der Waals surface area contributed by atoms with E-state index < -0.39 is 14.3 Å². The molecule has 0 saturated heterocycles. The maximum atomic E-state index is 13.1. The van der Waals surface area contributed by atoms with Crippen molar-refractivity contribution in [2.75, 3.05) is 21.3 Å². The van der Waals surface area contributed by atoms with Crippen molar-refractivity contribution in [3.63, 3.8) is 0 Å². The number of aryl methyl sites for hydroxylation is 3. The molecule has 0 unspecified atom stereocenters. The van der Waals surface area contributed by atoms with Gasteiger partial charge >= 0.3 is 11.9 Å². The smallest absolute Gasteiger partial charge is 0.354 e. The summed E-state index contributed by atoms with van der Waals surface area (Å²) in [5.41, 5.74) is 6.91. The molecule has 0 N–H and O–H groups in total. The predicted octanol–water partition coefficient (Wildman–Crippen LogP) is 7.29. The van der Waals surface area contributed by atoms with Gasteiger partial charge in [-0.1, -0.05) is 93.0 Å². The Morgan fingerprint density at radius 3 is 2.21 bits per heavy atom. The summed E-state index contributed by atoms with van der Waals surface area (Å²) in [5, 5.41) is 13.9. The number of rotatable bonds is 14. The SMILES string of the molecule is COC(=O)CCn1c(C(=O)OC)cc2c(-c3c(CN(C)Cc4cc(CO[Si](c5ccccc5)(c5ccccc5)C(C)(C)C)n(C)n4)nn4c3CCCC4)c(Cl)ccc21. The Morgan fingerprint density at radius 1 is 0.879 bits per heavy atom. The highest BCUT2D eigenvalue weighted by Gasteiger charge is 2.50. The molecule has 58 heavy (non-hydrogen) atoms. The number of carbonyl (C=O) groups is 2. The third kappa shape index (κ3) is 7.90. The second-order valence-corrected chi connectivity index (χ2v) is 20.9. The van der Waals surface area contributed by atoms with E-state index in [2.05, 4.69) is 104 Å². The lowest BCUT2D eigenvalue weighted by Gasteiger charge is -2.43. The van der Waals surface area contributed by atoms with Crippen LogP contribution in [0.4, 0.5) is 0 Å². The van der Waals surface area contributed by atoms with E-state index in [-0.39, 0.29) is 24.0 Å². The highest BCUT2D eigenvalue weighted by molar-refractivity contribution is 6.99. The van der Waals surface area contributed by atoms with Crippen LogP contribution in [0.15, 0.2) is 84.9 Å². The number of benzene rings is 3. The topological polar surface area (TPSA) is 106 Å². The molecule has 3 aromatic carbocycles. The fourth-order valence-electron chi connectivity index (χ4n) is 8.64. The third-order valence-electron chi connectivity index (χ3n) is 11.3. The molecular weight excluding hydrogens is 768 g/mol. The largest absolute Gasteiger partial charge is 0.469 e. The van der Waals surface area contributed by atoms with Crippen LogP contribution in [-0.4, -0.2) is 70.6 Å². The van der Waals surface area contributed by atoms with Crippen molar-refractivity contribution in [1.82, 2.24) is 29.0 Å². The molecular formula is C45H53ClN6O5Si. The number of esters is 2. The van der Waals surface area contributed by atoms with Crippen LogP contribution in [0.3, 0.4) is 0 Å². The van der Waals surface area contributed by atoms with E-state index in [1.165, 1.54) is 24.6 Å². The number of hydrogen-bond donors (Lipinski definition) is 0. The quantitative estimate of drug-likeness (QED) is 0.0835. The van der Waals surface area contributed by atoms with Gasteiger partial charge in [-0.15, -0.1) is 0 Å². The minimum absolute atomic E-state index is 0.0995. The van der Waals surface area contributed by atoms with Gasteiger partial charge in [0.25, 0.3) is 8.32 Å². The minimum atomic E-state index is -2.74. The second-order valence-electron chi connectivity index (χ2n) is 16.2. The van der Waals surface area contributed by atoms with Gasteiger partial charge in [-0.2, -0.15) is 10.2 Å². The normalized spacial score (nSPS) is 13.3. The Hall–Kier alpha value is -5.01. The van der Waals surface area contributed by atoms with Crippen LogP contribution in [0.2, 0.25) is 10.1 Å². The van der Waals surface area contributed by atoms with Crippen LogP contribution < -0.4 is 10.4 Å². The van der Waals surface area contributed by atoms with Gasteiger partial charge in [0.15, 0.2) is 0 Å². The molecule has 0 atom stereocenters. The first-order valence-corrected chi connectivity index (χ1v) is 22.2. The summed E-state index contributed by atoms with van der Waals surface area (Å²) >= 11 is 7.12. The molecule has 6 aromatic rings.